The molecule has 4 aromatic heterocycles. The number of aromatic nitrogens is 5. The molecule has 0 radical (unpaired) electrons. The van der Waals surface area contributed by atoms with E-state index in [0.29, 0.717) is 46.9 Å². The molecule has 1 saturated heterocycles. The van der Waals surface area contributed by atoms with Gasteiger partial charge < -0.3 is 15.5 Å². The van der Waals surface area contributed by atoms with Crippen molar-refractivity contribution in [1.82, 2.24) is 29.4 Å². The second-order valence-corrected chi connectivity index (χ2v) is 10.9. The summed E-state index contributed by atoms with van der Waals surface area (Å²) in [5, 5.41) is 10.8. The maximum atomic E-state index is 14.1. The van der Waals surface area contributed by atoms with Gasteiger partial charge in [-0.2, -0.15) is 10.2 Å². The monoisotopic (exact) mass is 563 g/mol. The summed E-state index contributed by atoms with van der Waals surface area (Å²) in [6.07, 6.45) is 4.60. The second-order valence-electron chi connectivity index (χ2n) is 10.9. The summed E-state index contributed by atoms with van der Waals surface area (Å²) >= 11 is 0. The molecule has 2 atom stereocenters. The Morgan fingerprint density at radius 1 is 1.17 bits per heavy atom. The van der Waals surface area contributed by atoms with Gasteiger partial charge in [0.25, 0.3) is 0 Å². The summed E-state index contributed by atoms with van der Waals surface area (Å²) in [5.74, 6) is 0.473. The lowest BCUT2D eigenvalue weighted by molar-refractivity contribution is -0.128. The molecule has 0 unspecified atom stereocenters. The molecule has 11 heteroatoms. The number of fused-ring (bicyclic) bond motifs is 1. The first-order valence-corrected chi connectivity index (χ1v) is 13.8. The van der Waals surface area contributed by atoms with Gasteiger partial charge in [0, 0.05) is 43.1 Å². The number of nitrogens with two attached hydrogens (primary N) is 1. The van der Waals surface area contributed by atoms with E-state index in [0.717, 1.165) is 11.3 Å². The molecule has 4 aromatic rings. The number of nitrogen functional groups attached to an aromatic ring is 1. The van der Waals surface area contributed by atoms with Crippen LogP contribution in [0, 0.1) is 18.3 Å². The SMILES string of the molecule is C=CC(=O)N1C[C@H](C)N(c2nc(=O)n(-c3c(C)ccnc3C(C)C)c3nc(-c4cccnc4N)c(C#N)cc23)C[C@H]1C. The maximum Gasteiger partial charge on any atom is 0.355 e. The molecule has 0 aliphatic carbocycles. The number of carbonyl (C=O) groups is 1. The predicted octanol–water partition coefficient (Wildman–Crippen LogP) is 3.74. The number of pyridine rings is 3. The van der Waals surface area contributed by atoms with Crippen LogP contribution in [-0.2, 0) is 4.79 Å². The minimum absolute atomic E-state index is 0.00435. The Balaban J connectivity index is 1.86. The Morgan fingerprint density at radius 2 is 1.93 bits per heavy atom. The van der Waals surface area contributed by atoms with Crippen LogP contribution in [0.4, 0.5) is 11.6 Å². The summed E-state index contributed by atoms with van der Waals surface area (Å²) in [6.45, 7) is 14.3. The zero-order chi connectivity index (χ0) is 30.3. The van der Waals surface area contributed by atoms with E-state index in [4.69, 9.17) is 10.7 Å². The van der Waals surface area contributed by atoms with Crippen molar-refractivity contribution in [2.45, 2.75) is 52.6 Å². The molecule has 1 amide bonds. The first kappa shape index (κ1) is 28.4. The van der Waals surface area contributed by atoms with Gasteiger partial charge in [0.1, 0.15) is 17.7 Å². The smallest absolute Gasteiger partial charge is 0.355 e. The van der Waals surface area contributed by atoms with Crippen molar-refractivity contribution >= 4 is 28.6 Å². The van der Waals surface area contributed by atoms with E-state index in [9.17, 15) is 14.9 Å². The lowest BCUT2D eigenvalue weighted by Crippen LogP contribution is -2.58. The minimum Gasteiger partial charge on any atom is -0.383 e. The van der Waals surface area contributed by atoms with Gasteiger partial charge in [-0.25, -0.2) is 19.3 Å². The van der Waals surface area contributed by atoms with Crippen molar-refractivity contribution in [1.29, 1.82) is 5.26 Å². The fourth-order valence-electron chi connectivity index (χ4n) is 5.59. The molecule has 0 bridgehead atoms. The number of hydrogen-bond acceptors (Lipinski definition) is 9. The third-order valence-electron chi connectivity index (χ3n) is 7.70. The van der Waals surface area contributed by atoms with Crippen LogP contribution in [0.15, 0.2) is 54.1 Å². The van der Waals surface area contributed by atoms with Crippen molar-refractivity contribution in [3.8, 4) is 23.0 Å². The quantitative estimate of drug-likeness (QED) is 0.359. The molecule has 1 aliphatic heterocycles. The average Bonchev–Trinajstić information content (AvgIpc) is 2.97. The molecular weight excluding hydrogens is 530 g/mol. The van der Waals surface area contributed by atoms with Crippen LogP contribution >= 0.6 is 0 Å². The Labute approximate surface area is 244 Å². The Hall–Kier alpha value is -5.11. The summed E-state index contributed by atoms with van der Waals surface area (Å²) in [6, 6.07) is 8.93. The van der Waals surface area contributed by atoms with Crippen LogP contribution < -0.4 is 16.3 Å². The van der Waals surface area contributed by atoms with Crippen molar-refractivity contribution in [2.24, 2.45) is 0 Å². The Morgan fingerprint density at radius 3 is 2.60 bits per heavy atom. The normalized spacial score (nSPS) is 17.0. The van der Waals surface area contributed by atoms with E-state index in [-0.39, 0.29) is 35.3 Å². The van der Waals surface area contributed by atoms with E-state index >= 15 is 0 Å². The first-order chi connectivity index (χ1) is 20.1. The van der Waals surface area contributed by atoms with Gasteiger partial charge in [0.05, 0.1) is 28.0 Å². The van der Waals surface area contributed by atoms with Gasteiger partial charge in [0.15, 0.2) is 5.65 Å². The van der Waals surface area contributed by atoms with E-state index in [1.54, 1.807) is 35.5 Å². The summed E-state index contributed by atoms with van der Waals surface area (Å²) < 4.78 is 1.49. The van der Waals surface area contributed by atoms with Crippen LogP contribution in [0.5, 0.6) is 0 Å². The summed E-state index contributed by atoms with van der Waals surface area (Å²) in [4.78, 5) is 48.7. The van der Waals surface area contributed by atoms with Crippen LogP contribution in [0.1, 0.15) is 50.4 Å². The Kier molecular flexibility index (Phi) is 7.47. The number of carbonyl (C=O) groups excluding carboxylic acids is 1. The highest BCUT2D eigenvalue weighted by Gasteiger charge is 2.34. The predicted molar refractivity (Wildman–Crippen MR) is 162 cm³/mol. The minimum atomic E-state index is -0.526. The molecule has 2 N–H and O–H groups in total. The van der Waals surface area contributed by atoms with Crippen molar-refractivity contribution < 1.29 is 4.79 Å². The highest BCUT2D eigenvalue weighted by atomic mass is 16.2. The van der Waals surface area contributed by atoms with Gasteiger partial charge >= 0.3 is 5.69 Å². The van der Waals surface area contributed by atoms with Gasteiger partial charge in [-0.15, -0.1) is 0 Å². The number of anilines is 2. The third kappa shape index (κ3) is 4.75. The number of amides is 1. The molecule has 0 spiro atoms. The fourth-order valence-corrected chi connectivity index (χ4v) is 5.59. The molecular formula is C31H33N9O2. The van der Waals surface area contributed by atoms with Gasteiger partial charge in [-0.1, -0.05) is 20.4 Å². The maximum absolute atomic E-state index is 14.1. The second kappa shape index (κ2) is 11.0. The van der Waals surface area contributed by atoms with E-state index < -0.39 is 5.69 Å². The van der Waals surface area contributed by atoms with E-state index in [1.807, 2.05) is 45.6 Å². The molecule has 5 heterocycles. The highest BCUT2D eigenvalue weighted by Crippen LogP contribution is 2.35. The third-order valence-corrected chi connectivity index (χ3v) is 7.70. The highest BCUT2D eigenvalue weighted by molar-refractivity contribution is 5.93. The zero-order valence-corrected chi connectivity index (χ0v) is 24.4. The summed E-state index contributed by atoms with van der Waals surface area (Å²) in [5.41, 5.74) is 9.24. The van der Waals surface area contributed by atoms with Crippen LogP contribution in [0.3, 0.4) is 0 Å². The standard InChI is InChI=1S/C31H33N9O2/c1-7-24(41)38-15-20(6)39(16-19(38)5)29-23-13-21(14-32)26(22-9-8-11-35-28(22)33)36-30(23)40(31(42)37-29)27-18(4)10-12-34-25(27)17(2)3/h7-13,17,19-20H,1,15-16H2,2-6H3,(H2,33,35)/t19-,20+/m1/s1. The Bertz CT molecular complexity index is 1820. The van der Waals surface area contributed by atoms with E-state index in [2.05, 4.69) is 27.6 Å². The molecule has 0 saturated carbocycles. The largest absolute Gasteiger partial charge is 0.383 e. The molecule has 1 fully saturated rings. The molecule has 5 rings (SSSR count). The number of nitriles is 1. The average molecular weight is 564 g/mol. The number of nitrogens with zero attached hydrogens (tertiary/aromatic N) is 8. The van der Waals surface area contributed by atoms with E-state index in [1.165, 1.54) is 10.6 Å². The fraction of sp³-hybridized carbons (Fsp3) is 0.323. The number of rotatable bonds is 5. The van der Waals surface area contributed by atoms with Crippen LogP contribution in [0.2, 0.25) is 0 Å². The number of hydrogen-bond donors (Lipinski definition) is 1. The molecule has 214 valence electrons. The first-order valence-electron chi connectivity index (χ1n) is 13.8. The van der Waals surface area contributed by atoms with Gasteiger partial charge in [-0.3, -0.25) is 9.78 Å². The van der Waals surface area contributed by atoms with Crippen molar-refractivity contribution in [2.75, 3.05) is 23.7 Å². The summed E-state index contributed by atoms with van der Waals surface area (Å²) in [7, 11) is 0. The lowest BCUT2D eigenvalue weighted by atomic mass is 10.0. The van der Waals surface area contributed by atoms with Crippen LogP contribution in [0.25, 0.3) is 28.0 Å². The van der Waals surface area contributed by atoms with Crippen molar-refractivity contribution in [3.05, 3.63) is 76.6 Å². The van der Waals surface area contributed by atoms with Gasteiger partial charge in [-0.05, 0) is 62.6 Å². The van der Waals surface area contributed by atoms with Crippen LogP contribution in [-0.4, -0.2) is 60.5 Å². The topological polar surface area (TPSA) is 147 Å². The zero-order valence-electron chi connectivity index (χ0n) is 24.4. The molecule has 42 heavy (non-hydrogen) atoms. The molecule has 11 nitrogen and oxygen atoms in total. The molecule has 1 aliphatic rings. The number of aryl methyl sites for hydroxylation is 1. The van der Waals surface area contributed by atoms with Crippen molar-refractivity contribution in [3.63, 3.8) is 0 Å². The lowest BCUT2D eigenvalue weighted by Gasteiger charge is -2.44. The molecule has 0 aromatic carbocycles. The number of piperazine rings is 1. The van der Waals surface area contributed by atoms with Gasteiger partial charge in [0.2, 0.25) is 5.91 Å².